The second kappa shape index (κ2) is 6.73. The zero-order valence-corrected chi connectivity index (χ0v) is 11.2. The molecule has 100 valence electrons. The Morgan fingerprint density at radius 2 is 2.11 bits per heavy atom. The highest BCUT2D eigenvalue weighted by atomic mass is 35.5. The molecule has 1 heterocycles. The van der Waals surface area contributed by atoms with Crippen LogP contribution in [0.3, 0.4) is 0 Å². The summed E-state index contributed by atoms with van der Waals surface area (Å²) in [6.07, 6.45) is 0. The standard InChI is InChI=1S/C13H18N2O2.ClH/c1-10-8-15(7-6-14-10)9-11-2-4-12(5-3-11)13(16)17;/h2-5,10,14H,6-9H2,1H3,(H,16,17);1H/t10-;/m1./s1. The van der Waals surface area contributed by atoms with Crippen molar-refractivity contribution in [1.29, 1.82) is 0 Å². The van der Waals surface area contributed by atoms with E-state index < -0.39 is 5.97 Å². The van der Waals surface area contributed by atoms with Gasteiger partial charge in [-0.1, -0.05) is 12.1 Å². The van der Waals surface area contributed by atoms with Gasteiger partial charge in [-0.2, -0.15) is 0 Å². The summed E-state index contributed by atoms with van der Waals surface area (Å²) >= 11 is 0. The molecule has 0 unspecified atom stereocenters. The number of piperazine rings is 1. The molecule has 2 rings (SSSR count). The van der Waals surface area contributed by atoms with Gasteiger partial charge in [0.1, 0.15) is 0 Å². The van der Waals surface area contributed by atoms with Gasteiger partial charge in [0, 0.05) is 32.2 Å². The molecule has 1 aromatic carbocycles. The maximum Gasteiger partial charge on any atom is 0.335 e. The van der Waals surface area contributed by atoms with E-state index in [9.17, 15) is 4.79 Å². The van der Waals surface area contributed by atoms with Crippen LogP contribution in [-0.4, -0.2) is 41.7 Å². The molecule has 1 saturated heterocycles. The van der Waals surface area contributed by atoms with Crippen LogP contribution in [0, 0.1) is 0 Å². The summed E-state index contributed by atoms with van der Waals surface area (Å²) < 4.78 is 0. The first-order valence-electron chi connectivity index (χ1n) is 5.93. The Morgan fingerprint density at radius 1 is 1.44 bits per heavy atom. The summed E-state index contributed by atoms with van der Waals surface area (Å²) in [7, 11) is 0. The summed E-state index contributed by atoms with van der Waals surface area (Å²) in [4.78, 5) is 13.1. The Kier molecular flexibility index (Phi) is 5.59. The van der Waals surface area contributed by atoms with Gasteiger partial charge >= 0.3 is 5.97 Å². The number of hydrogen-bond donors (Lipinski definition) is 2. The average molecular weight is 271 g/mol. The predicted octanol–water partition coefficient (Wildman–Crippen LogP) is 1.60. The molecular formula is C13H19ClN2O2. The van der Waals surface area contributed by atoms with E-state index in [1.54, 1.807) is 12.1 Å². The molecule has 5 heteroatoms. The minimum atomic E-state index is -0.868. The summed E-state index contributed by atoms with van der Waals surface area (Å²) in [5.41, 5.74) is 1.52. The van der Waals surface area contributed by atoms with E-state index in [1.165, 1.54) is 5.56 Å². The summed E-state index contributed by atoms with van der Waals surface area (Å²) in [6.45, 7) is 6.19. The van der Waals surface area contributed by atoms with E-state index in [4.69, 9.17) is 5.11 Å². The van der Waals surface area contributed by atoms with Crippen molar-refractivity contribution in [3.05, 3.63) is 35.4 Å². The lowest BCUT2D eigenvalue weighted by Crippen LogP contribution is -2.48. The quantitative estimate of drug-likeness (QED) is 0.876. The molecule has 0 spiro atoms. The number of aromatic carboxylic acids is 1. The van der Waals surface area contributed by atoms with Gasteiger partial charge in [0.2, 0.25) is 0 Å². The smallest absolute Gasteiger partial charge is 0.335 e. The van der Waals surface area contributed by atoms with Gasteiger partial charge in [0.25, 0.3) is 0 Å². The zero-order chi connectivity index (χ0) is 12.3. The van der Waals surface area contributed by atoms with E-state index in [2.05, 4.69) is 17.1 Å². The van der Waals surface area contributed by atoms with Crippen LogP contribution in [0.15, 0.2) is 24.3 Å². The van der Waals surface area contributed by atoms with E-state index in [0.29, 0.717) is 11.6 Å². The minimum Gasteiger partial charge on any atom is -0.478 e. The third-order valence-electron chi connectivity index (χ3n) is 3.06. The largest absolute Gasteiger partial charge is 0.478 e. The Labute approximate surface area is 113 Å². The summed E-state index contributed by atoms with van der Waals surface area (Å²) in [5.74, 6) is -0.868. The fraction of sp³-hybridized carbons (Fsp3) is 0.462. The van der Waals surface area contributed by atoms with Crippen molar-refractivity contribution in [3.63, 3.8) is 0 Å². The lowest BCUT2D eigenvalue weighted by molar-refractivity contribution is 0.0697. The van der Waals surface area contributed by atoms with Crippen LogP contribution in [0.25, 0.3) is 0 Å². The van der Waals surface area contributed by atoms with E-state index in [-0.39, 0.29) is 12.4 Å². The molecule has 2 N–H and O–H groups in total. The third kappa shape index (κ3) is 3.98. The van der Waals surface area contributed by atoms with Crippen molar-refractivity contribution in [2.45, 2.75) is 19.5 Å². The van der Waals surface area contributed by atoms with Crippen LogP contribution >= 0.6 is 12.4 Å². The number of halogens is 1. The van der Waals surface area contributed by atoms with Gasteiger partial charge < -0.3 is 10.4 Å². The second-order valence-corrected chi connectivity index (χ2v) is 4.59. The molecule has 0 aromatic heterocycles. The number of carboxylic acids is 1. The maximum absolute atomic E-state index is 10.7. The molecule has 18 heavy (non-hydrogen) atoms. The van der Waals surface area contributed by atoms with Crippen LogP contribution in [0.1, 0.15) is 22.8 Å². The maximum atomic E-state index is 10.7. The molecule has 1 aliphatic rings. The van der Waals surface area contributed by atoms with Crippen molar-refractivity contribution in [1.82, 2.24) is 10.2 Å². The van der Waals surface area contributed by atoms with Crippen molar-refractivity contribution < 1.29 is 9.90 Å². The number of hydrogen-bond acceptors (Lipinski definition) is 3. The monoisotopic (exact) mass is 270 g/mol. The van der Waals surface area contributed by atoms with Gasteiger partial charge in [0.15, 0.2) is 0 Å². The number of nitrogens with zero attached hydrogens (tertiary/aromatic N) is 1. The highest BCUT2D eigenvalue weighted by Gasteiger charge is 2.15. The fourth-order valence-corrected chi connectivity index (χ4v) is 2.17. The molecule has 1 atom stereocenters. The number of nitrogens with one attached hydrogen (secondary N) is 1. The zero-order valence-electron chi connectivity index (χ0n) is 10.4. The number of benzene rings is 1. The molecular weight excluding hydrogens is 252 g/mol. The average Bonchev–Trinajstić information content (AvgIpc) is 2.29. The molecule has 0 saturated carbocycles. The van der Waals surface area contributed by atoms with Crippen molar-refractivity contribution in [2.24, 2.45) is 0 Å². The predicted molar refractivity (Wildman–Crippen MR) is 73.4 cm³/mol. The van der Waals surface area contributed by atoms with Crippen molar-refractivity contribution in [3.8, 4) is 0 Å². The Morgan fingerprint density at radius 3 is 2.67 bits per heavy atom. The Bertz CT molecular complexity index is 394. The summed E-state index contributed by atoms with van der Waals surface area (Å²) in [6, 6.07) is 7.67. The van der Waals surface area contributed by atoms with Crippen LogP contribution in [0.2, 0.25) is 0 Å². The van der Waals surface area contributed by atoms with Crippen molar-refractivity contribution in [2.75, 3.05) is 19.6 Å². The van der Waals surface area contributed by atoms with Gasteiger partial charge in [0.05, 0.1) is 5.56 Å². The molecule has 1 aliphatic heterocycles. The number of rotatable bonds is 3. The Balaban J connectivity index is 0.00000162. The first-order chi connectivity index (χ1) is 8.15. The molecule has 1 fully saturated rings. The number of carboxylic acid groups (broad SMARTS) is 1. The van der Waals surface area contributed by atoms with Crippen LogP contribution in [0.4, 0.5) is 0 Å². The minimum absolute atomic E-state index is 0. The molecule has 4 nitrogen and oxygen atoms in total. The third-order valence-corrected chi connectivity index (χ3v) is 3.06. The van der Waals surface area contributed by atoms with Crippen LogP contribution < -0.4 is 5.32 Å². The molecule has 0 amide bonds. The summed E-state index contributed by atoms with van der Waals surface area (Å²) in [5, 5.41) is 12.2. The second-order valence-electron chi connectivity index (χ2n) is 4.59. The first-order valence-corrected chi connectivity index (χ1v) is 5.93. The molecule has 1 aromatic rings. The normalized spacial score (nSPS) is 20.2. The van der Waals surface area contributed by atoms with Gasteiger partial charge in [-0.25, -0.2) is 4.79 Å². The highest BCUT2D eigenvalue weighted by Crippen LogP contribution is 2.09. The number of carbonyl (C=O) groups is 1. The Hall–Kier alpha value is -1.10. The van der Waals surface area contributed by atoms with Gasteiger partial charge in [-0.15, -0.1) is 12.4 Å². The first kappa shape index (κ1) is 15.0. The van der Waals surface area contributed by atoms with Gasteiger partial charge in [-0.05, 0) is 24.6 Å². The van der Waals surface area contributed by atoms with Crippen LogP contribution in [0.5, 0.6) is 0 Å². The van der Waals surface area contributed by atoms with E-state index >= 15 is 0 Å². The molecule has 0 bridgehead atoms. The topological polar surface area (TPSA) is 52.6 Å². The van der Waals surface area contributed by atoms with E-state index in [0.717, 1.165) is 26.2 Å². The lowest BCUT2D eigenvalue weighted by Gasteiger charge is -2.31. The molecule has 0 aliphatic carbocycles. The molecule has 0 radical (unpaired) electrons. The SMILES string of the molecule is C[C@@H]1CN(Cc2ccc(C(=O)O)cc2)CCN1.Cl. The van der Waals surface area contributed by atoms with Crippen LogP contribution in [-0.2, 0) is 6.54 Å². The lowest BCUT2D eigenvalue weighted by atomic mass is 10.1. The van der Waals surface area contributed by atoms with Crippen molar-refractivity contribution >= 4 is 18.4 Å². The highest BCUT2D eigenvalue weighted by molar-refractivity contribution is 5.87. The van der Waals surface area contributed by atoms with E-state index in [1.807, 2.05) is 12.1 Å². The fourth-order valence-electron chi connectivity index (χ4n) is 2.17. The van der Waals surface area contributed by atoms with Gasteiger partial charge in [-0.3, -0.25) is 4.90 Å².